The molecule has 0 heterocycles. The Hall–Kier alpha value is -0.120. The van der Waals surface area contributed by atoms with Gasteiger partial charge in [0.1, 0.15) is 0 Å². The number of hydrogen-bond donors (Lipinski definition) is 0. The summed E-state index contributed by atoms with van der Waals surface area (Å²) in [6.07, 6.45) is 0. The minimum absolute atomic E-state index is 1.74. The second kappa shape index (κ2) is 2.12. The molecule has 0 N–H and O–H groups in total. The molecule has 0 radical (unpaired) electrons. The largest absolute Gasteiger partial charge is 0.546 e. The lowest BCUT2D eigenvalue weighted by Gasteiger charge is -1.95. The van der Waals surface area contributed by atoms with Gasteiger partial charge in [-0.25, -0.2) is 4.39 Å². The highest BCUT2D eigenvalue weighted by atomic mass is 79.9. The van der Waals surface area contributed by atoms with Crippen LogP contribution in [0.3, 0.4) is 0 Å². The second-order valence-electron chi connectivity index (χ2n) is 0.620. The Labute approximate surface area is 42.1 Å². The smallest absolute Gasteiger partial charge is 0.194 e. The van der Waals surface area contributed by atoms with Gasteiger partial charge in [-0.15, -0.1) is 0 Å². The van der Waals surface area contributed by atoms with Crippen molar-refractivity contribution in [1.82, 2.24) is 0 Å². The fourth-order valence-electron chi connectivity index (χ4n) is 0. The standard InChI is InChI=1S/C2H2BrFO2/c3-1(4)2(5)6/h1H,(H,5,6)/p-1/t1-/m0/s1. The molecule has 0 aliphatic carbocycles. The van der Waals surface area contributed by atoms with E-state index in [0.29, 0.717) is 0 Å². The summed E-state index contributed by atoms with van der Waals surface area (Å²) in [4.78, 5) is 9.17. The Morgan fingerprint density at radius 2 is 2.17 bits per heavy atom. The zero-order valence-electron chi connectivity index (χ0n) is 2.65. The third kappa shape index (κ3) is 2.14. The van der Waals surface area contributed by atoms with Crippen LogP contribution in [0.1, 0.15) is 0 Å². The van der Waals surface area contributed by atoms with E-state index in [9.17, 15) is 4.39 Å². The Kier molecular flexibility index (Phi) is 2.08. The van der Waals surface area contributed by atoms with Crippen LogP contribution in [0.2, 0.25) is 0 Å². The predicted octanol–water partition coefficient (Wildman–Crippen LogP) is -0.573. The van der Waals surface area contributed by atoms with E-state index in [1.807, 2.05) is 0 Å². The molecule has 2 nitrogen and oxygen atoms in total. The Balaban J connectivity index is 3.26. The molecule has 6 heavy (non-hydrogen) atoms. The van der Waals surface area contributed by atoms with Crippen molar-refractivity contribution >= 4 is 21.9 Å². The van der Waals surface area contributed by atoms with Crippen molar-refractivity contribution in [2.45, 2.75) is 5.08 Å². The number of halogens is 2. The minimum Gasteiger partial charge on any atom is -0.546 e. The highest BCUT2D eigenvalue weighted by Crippen LogP contribution is 1.95. The second-order valence-corrected chi connectivity index (χ2v) is 1.42. The molecule has 0 bridgehead atoms. The van der Waals surface area contributed by atoms with Crippen molar-refractivity contribution in [2.24, 2.45) is 0 Å². The summed E-state index contributed by atoms with van der Waals surface area (Å²) in [5.74, 6) is -1.74. The van der Waals surface area contributed by atoms with E-state index in [0.717, 1.165) is 0 Å². The van der Waals surface area contributed by atoms with Gasteiger partial charge in [-0.1, -0.05) is 0 Å². The minimum atomic E-state index is -2.03. The molecule has 0 amide bonds. The van der Waals surface area contributed by atoms with Crippen LogP contribution in [0.15, 0.2) is 0 Å². The Morgan fingerprint density at radius 3 is 2.17 bits per heavy atom. The van der Waals surface area contributed by atoms with Crippen LogP contribution < -0.4 is 5.11 Å². The molecule has 0 rings (SSSR count). The van der Waals surface area contributed by atoms with Crippen molar-refractivity contribution < 1.29 is 14.3 Å². The van der Waals surface area contributed by atoms with E-state index in [1.54, 1.807) is 0 Å². The zero-order valence-corrected chi connectivity index (χ0v) is 4.24. The van der Waals surface area contributed by atoms with Gasteiger partial charge in [0, 0.05) is 0 Å². The molecule has 0 saturated carbocycles. The molecule has 0 spiro atoms. The number of carbonyl (C=O) groups is 1. The summed E-state index contributed by atoms with van der Waals surface area (Å²) in [5.41, 5.74) is 0. The maximum atomic E-state index is 11.1. The molecule has 36 valence electrons. The van der Waals surface area contributed by atoms with Crippen LogP contribution >= 0.6 is 15.9 Å². The van der Waals surface area contributed by atoms with Gasteiger partial charge in [0.25, 0.3) is 0 Å². The van der Waals surface area contributed by atoms with Gasteiger partial charge < -0.3 is 9.90 Å². The summed E-state index contributed by atoms with van der Waals surface area (Å²) in [6.45, 7) is 0. The maximum Gasteiger partial charge on any atom is 0.194 e. The van der Waals surface area contributed by atoms with E-state index in [1.165, 1.54) is 0 Å². The van der Waals surface area contributed by atoms with Crippen LogP contribution in [-0.4, -0.2) is 11.1 Å². The Bertz CT molecular complexity index is 62.6. The zero-order chi connectivity index (χ0) is 5.15. The molecule has 0 fully saturated rings. The van der Waals surface area contributed by atoms with Gasteiger partial charge in [-0.3, -0.25) is 0 Å². The van der Waals surface area contributed by atoms with Crippen molar-refractivity contribution in [3.8, 4) is 0 Å². The van der Waals surface area contributed by atoms with Crippen molar-refractivity contribution in [1.29, 1.82) is 0 Å². The molecule has 0 aliphatic rings. The summed E-state index contributed by atoms with van der Waals surface area (Å²) >= 11 is 2.11. The molecule has 1 atom stereocenters. The third-order valence-corrected chi connectivity index (χ3v) is 0.552. The van der Waals surface area contributed by atoms with E-state index in [4.69, 9.17) is 9.90 Å². The number of carbonyl (C=O) groups excluding carboxylic acids is 1. The summed E-state index contributed by atoms with van der Waals surface area (Å²) < 4.78 is 11.1. The number of hydrogen-bond acceptors (Lipinski definition) is 2. The summed E-state index contributed by atoms with van der Waals surface area (Å²) in [6, 6.07) is 0. The fraction of sp³-hybridized carbons (Fsp3) is 0.500. The topological polar surface area (TPSA) is 40.1 Å². The number of rotatable bonds is 1. The first-order chi connectivity index (χ1) is 2.64. The monoisotopic (exact) mass is 155 g/mol. The molecule has 0 saturated heterocycles. The van der Waals surface area contributed by atoms with Gasteiger partial charge >= 0.3 is 0 Å². The van der Waals surface area contributed by atoms with Gasteiger partial charge in [0.05, 0.1) is 5.97 Å². The van der Waals surface area contributed by atoms with Crippen molar-refractivity contribution in [2.75, 3.05) is 0 Å². The van der Waals surface area contributed by atoms with Gasteiger partial charge in [-0.05, 0) is 15.9 Å². The van der Waals surface area contributed by atoms with E-state index < -0.39 is 11.1 Å². The number of aliphatic carboxylic acids is 1. The first kappa shape index (κ1) is 5.88. The lowest BCUT2D eigenvalue weighted by molar-refractivity contribution is -0.307. The normalized spacial score (nSPS) is 13.7. The van der Waals surface area contributed by atoms with Crippen molar-refractivity contribution in [3.63, 3.8) is 0 Å². The highest BCUT2D eigenvalue weighted by Gasteiger charge is 1.95. The number of alkyl halides is 2. The SMILES string of the molecule is O=C([O-])[C@H](F)Br. The van der Waals surface area contributed by atoms with Crippen LogP contribution in [-0.2, 0) is 4.79 Å². The molecular formula is C2HBrFO2-. The van der Waals surface area contributed by atoms with Gasteiger partial charge in [0.2, 0.25) is 0 Å². The molecule has 4 heteroatoms. The van der Waals surface area contributed by atoms with E-state index >= 15 is 0 Å². The highest BCUT2D eigenvalue weighted by molar-refractivity contribution is 9.09. The average Bonchev–Trinajstić information content (AvgIpc) is 1.36. The molecular weight excluding hydrogens is 155 g/mol. The van der Waals surface area contributed by atoms with Crippen LogP contribution in [0.5, 0.6) is 0 Å². The summed E-state index contributed by atoms with van der Waals surface area (Å²) in [7, 11) is 0. The van der Waals surface area contributed by atoms with E-state index in [2.05, 4.69) is 15.9 Å². The molecule has 0 aromatic rings. The van der Waals surface area contributed by atoms with Crippen LogP contribution in [0, 0.1) is 0 Å². The van der Waals surface area contributed by atoms with Gasteiger partial charge in [-0.2, -0.15) is 0 Å². The molecule has 0 aromatic heterocycles. The fourth-order valence-corrected chi connectivity index (χ4v) is 0. The molecule has 0 unspecified atom stereocenters. The van der Waals surface area contributed by atoms with Crippen molar-refractivity contribution in [3.05, 3.63) is 0 Å². The quantitative estimate of drug-likeness (QED) is 0.476. The third-order valence-electron chi connectivity index (χ3n) is 0.178. The number of carboxylic acid groups (broad SMARTS) is 1. The van der Waals surface area contributed by atoms with Crippen LogP contribution in [0.4, 0.5) is 4.39 Å². The van der Waals surface area contributed by atoms with Crippen LogP contribution in [0.25, 0.3) is 0 Å². The average molecular weight is 156 g/mol. The first-order valence-electron chi connectivity index (χ1n) is 1.13. The van der Waals surface area contributed by atoms with Gasteiger partial charge in [0.15, 0.2) is 5.08 Å². The molecule has 0 aliphatic heterocycles. The van der Waals surface area contributed by atoms with E-state index in [-0.39, 0.29) is 0 Å². The lowest BCUT2D eigenvalue weighted by atomic mass is 10.8. The first-order valence-corrected chi connectivity index (χ1v) is 2.05. The predicted molar refractivity (Wildman–Crippen MR) is 18.8 cm³/mol. The lowest BCUT2D eigenvalue weighted by Crippen LogP contribution is -2.28. The Morgan fingerprint density at radius 1 is 2.00 bits per heavy atom. The summed E-state index contributed by atoms with van der Waals surface area (Å²) in [5, 5.41) is 7.14. The number of carboxylic acids is 1. The molecule has 0 aromatic carbocycles. The maximum absolute atomic E-state index is 11.1.